The number of fused-ring (bicyclic) bond motifs is 1. The molecule has 1 saturated heterocycles. The summed E-state index contributed by atoms with van der Waals surface area (Å²) in [6, 6.07) is 8.99. The predicted octanol–water partition coefficient (Wildman–Crippen LogP) is 3.65. The molecule has 13 heteroatoms. The van der Waals surface area contributed by atoms with Gasteiger partial charge in [0.25, 0.3) is 11.8 Å². The van der Waals surface area contributed by atoms with Crippen molar-refractivity contribution in [3.8, 4) is 17.1 Å². The van der Waals surface area contributed by atoms with Crippen LogP contribution < -0.4 is 9.64 Å². The molecule has 0 bridgehead atoms. The number of hydrogen-bond donors (Lipinski definition) is 0. The number of alkyl halides is 3. The van der Waals surface area contributed by atoms with Crippen molar-refractivity contribution in [2.45, 2.75) is 31.7 Å². The molecule has 0 aliphatic carbocycles. The third-order valence-electron chi connectivity index (χ3n) is 5.48. The van der Waals surface area contributed by atoms with Crippen molar-refractivity contribution in [3.63, 3.8) is 0 Å². The Kier molecular flexibility index (Phi) is 5.46. The first-order valence-electron chi connectivity index (χ1n) is 10.5. The second-order valence-corrected chi connectivity index (χ2v) is 7.72. The van der Waals surface area contributed by atoms with E-state index in [0.717, 1.165) is 17.0 Å². The molecule has 1 aromatic heterocycles. The number of hydrogen-bond acceptors (Lipinski definition) is 9. The lowest BCUT2D eigenvalue weighted by Crippen LogP contribution is -2.39. The molecule has 0 N–H and O–H groups in total. The maximum atomic E-state index is 13.1. The van der Waals surface area contributed by atoms with Gasteiger partial charge in [-0.3, -0.25) is 14.6 Å². The number of aromatic nitrogens is 2. The van der Waals surface area contributed by atoms with E-state index in [2.05, 4.69) is 20.5 Å². The van der Waals surface area contributed by atoms with Gasteiger partial charge in [-0.25, -0.2) is 4.90 Å². The zero-order chi connectivity index (χ0) is 24.7. The molecule has 2 aliphatic rings. The lowest BCUT2D eigenvalue weighted by molar-refractivity contribution is -0.137. The third kappa shape index (κ3) is 4.09. The number of amides is 2. The van der Waals surface area contributed by atoms with Crippen molar-refractivity contribution in [1.29, 1.82) is 0 Å². The molecule has 2 aromatic carbocycles. The van der Waals surface area contributed by atoms with Crippen LogP contribution in [-0.4, -0.2) is 45.7 Å². The second kappa shape index (κ2) is 8.49. The molecular weight excluding hydrogens is 469 g/mol. The Balaban J connectivity index is 1.33. The lowest BCUT2D eigenvalue weighted by atomic mass is 10.1. The van der Waals surface area contributed by atoms with E-state index in [-0.39, 0.29) is 23.8 Å². The van der Waals surface area contributed by atoms with Crippen molar-refractivity contribution in [3.05, 3.63) is 60.0 Å². The van der Waals surface area contributed by atoms with Gasteiger partial charge in [0.1, 0.15) is 12.3 Å². The number of anilines is 1. The van der Waals surface area contributed by atoms with Crippen molar-refractivity contribution in [2.75, 3.05) is 11.5 Å². The fourth-order valence-electron chi connectivity index (χ4n) is 3.88. The molecule has 0 radical (unpaired) electrons. The molecule has 1 fully saturated rings. The van der Waals surface area contributed by atoms with Gasteiger partial charge in [-0.2, -0.15) is 23.3 Å². The van der Waals surface area contributed by atoms with Crippen molar-refractivity contribution < 1.29 is 32.0 Å². The number of rotatable bonds is 6. The highest BCUT2D eigenvalue weighted by Gasteiger charge is 2.55. The molecule has 2 aliphatic heterocycles. The van der Waals surface area contributed by atoms with E-state index >= 15 is 0 Å². The Hall–Kier alpha value is -4.29. The molecule has 3 aromatic rings. The van der Waals surface area contributed by atoms with Gasteiger partial charge < -0.3 is 9.26 Å². The van der Waals surface area contributed by atoms with E-state index in [4.69, 9.17) is 9.26 Å². The van der Waals surface area contributed by atoms with Crippen LogP contribution in [0.4, 0.5) is 18.9 Å². The maximum absolute atomic E-state index is 13.1. The first-order valence-corrected chi connectivity index (χ1v) is 10.5. The summed E-state index contributed by atoms with van der Waals surface area (Å²) in [6.07, 6.45) is -4.52. The number of imide groups is 1. The van der Waals surface area contributed by atoms with E-state index < -0.39 is 35.6 Å². The Labute approximate surface area is 196 Å². The SMILES string of the molecule is CCOc1ccc(N2C(=O)[C@@H]3[C@@H](N=NN3Cc3nc(-c4cccc(C(F)(F)F)c4)no3)C2=O)cc1. The van der Waals surface area contributed by atoms with E-state index in [1.807, 2.05) is 6.92 Å². The smallest absolute Gasteiger partial charge is 0.416 e. The van der Waals surface area contributed by atoms with Gasteiger partial charge in [0.15, 0.2) is 12.1 Å². The highest BCUT2D eigenvalue weighted by Crippen LogP contribution is 2.34. The highest BCUT2D eigenvalue weighted by molar-refractivity contribution is 6.25. The fraction of sp³-hybridized carbons (Fsp3) is 0.273. The Morgan fingerprint density at radius 3 is 2.57 bits per heavy atom. The van der Waals surface area contributed by atoms with Gasteiger partial charge in [0.2, 0.25) is 11.7 Å². The van der Waals surface area contributed by atoms with Gasteiger partial charge >= 0.3 is 6.18 Å². The van der Waals surface area contributed by atoms with Gasteiger partial charge in [-0.15, -0.1) is 0 Å². The summed E-state index contributed by atoms with van der Waals surface area (Å²) in [7, 11) is 0. The van der Waals surface area contributed by atoms with Crippen molar-refractivity contribution in [2.24, 2.45) is 10.3 Å². The van der Waals surface area contributed by atoms with Crippen LogP contribution in [0.1, 0.15) is 18.4 Å². The first-order chi connectivity index (χ1) is 16.8. The van der Waals surface area contributed by atoms with Crippen LogP contribution in [0.3, 0.4) is 0 Å². The standard InChI is InChI=1S/C22H17F3N6O4/c1-2-34-15-8-6-14(7-9-15)31-20(32)17-18(21(31)33)30(29-27-17)11-16-26-19(28-35-16)12-4-3-5-13(10-12)22(23,24)25/h3-10,17-18H,2,11H2,1H3/t17-,18+/m1/s1. The number of carbonyl (C=O) groups excluding carboxylic acids is 2. The summed E-state index contributed by atoms with van der Waals surface area (Å²) in [4.78, 5) is 31.1. The molecule has 0 spiro atoms. The minimum atomic E-state index is -4.52. The topological polar surface area (TPSA) is 113 Å². The first kappa shape index (κ1) is 22.5. The molecular formula is C22H17F3N6O4. The van der Waals surface area contributed by atoms with Crippen LogP contribution in [0.5, 0.6) is 5.75 Å². The Morgan fingerprint density at radius 1 is 1.09 bits per heavy atom. The van der Waals surface area contributed by atoms with Gasteiger partial charge in [-0.05, 0) is 43.3 Å². The largest absolute Gasteiger partial charge is 0.494 e. The maximum Gasteiger partial charge on any atom is 0.416 e. The van der Waals surface area contributed by atoms with Gasteiger partial charge in [-0.1, -0.05) is 22.5 Å². The van der Waals surface area contributed by atoms with E-state index in [0.29, 0.717) is 18.0 Å². The monoisotopic (exact) mass is 486 g/mol. The zero-order valence-corrected chi connectivity index (χ0v) is 18.1. The molecule has 35 heavy (non-hydrogen) atoms. The summed E-state index contributed by atoms with van der Waals surface area (Å²) in [5.41, 5.74) is -0.357. The van der Waals surface area contributed by atoms with Crippen LogP contribution in [0.25, 0.3) is 11.4 Å². The summed E-state index contributed by atoms with van der Waals surface area (Å²) < 4.78 is 49.5. The predicted molar refractivity (Wildman–Crippen MR) is 113 cm³/mol. The molecule has 5 rings (SSSR count). The number of carbonyl (C=O) groups is 2. The normalized spacial score (nSPS) is 19.5. The van der Waals surface area contributed by atoms with Crippen LogP contribution in [0.2, 0.25) is 0 Å². The molecule has 2 amide bonds. The number of ether oxygens (including phenoxy) is 1. The molecule has 2 atom stereocenters. The van der Waals surface area contributed by atoms with Crippen LogP contribution in [-0.2, 0) is 22.3 Å². The minimum absolute atomic E-state index is 0.00298. The molecule has 180 valence electrons. The summed E-state index contributed by atoms with van der Waals surface area (Å²) >= 11 is 0. The Morgan fingerprint density at radius 2 is 1.86 bits per heavy atom. The number of nitrogens with zero attached hydrogens (tertiary/aromatic N) is 6. The summed E-state index contributed by atoms with van der Waals surface area (Å²) in [5, 5.41) is 12.8. The third-order valence-corrected chi connectivity index (χ3v) is 5.48. The van der Waals surface area contributed by atoms with E-state index in [1.165, 1.54) is 17.1 Å². The molecule has 10 nitrogen and oxygen atoms in total. The van der Waals surface area contributed by atoms with Crippen molar-refractivity contribution in [1.82, 2.24) is 15.1 Å². The van der Waals surface area contributed by atoms with E-state index in [9.17, 15) is 22.8 Å². The number of benzene rings is 2. The number of halogens is 3. The average molecular weight is 486 g/mol. The zero-order valence-electron chi connectivity index (χ0n) is 18.1. The summed E-state index contributed by atoms with van der Waals surface area (Å²) in [5.74, 6) is -0.498. The average Bonchev–Trinajstić information content (AvgIpc) is 3.53. The van der Waals surface area contributed by atoms with Crippen LogP contribution >= 0.6 is 0 Å². The van der Waals surface area contributed by atoms with Crippen LogP contribution in [0, 0.1) is 0 Å². The highest BCUT2D eigenvalue weighted by atomic mass is 19.4. The fourth-order valence-corrected chi connectivity index (χ4v) is 3.88. The summed E-state index contributed by atoms with van der Waals surface area (Å²) in [6.45, 7) is 2.16. The van der Waals surface area contributed by atoms with Crippen LogP contribution in [0.15, 0.2) is 63.4 Å². The Bertz CT molecular complexity index is 1310. The van der Waals surface area contributed by atoms with Gasteiger partial charge in [0, 0.05) is 5.56 Å². The lowest BCUT2D eigenvalue weighted by Gasteiger charge is -2.19. The second-order valence-electron chi connectivity index (χ2n) is 7.72. The van der Waals surface area contributed by atoms with E-state index in [1.54, 1.807) is 24.3 Å². The molecule has 0 saturated carbocycles. The molecule has 0 unspecified atom stereocenters. The minimum Gasteiger partial charge on any atom is -0.494 e. The quantitative estimate of drug-likeness (QED) is 0.489. The molecule has 3 heterocycles. The van der Waals surface area contributed by atoms with Gasteiger partial charge in [0.05, 0.1) is 17.9 Å². The van der Waals surface area contributed by atoms with Crippen molar-refractivity contribution >= 4 is 17.5 Å².